The van der Waals surface area contributed by atoms with Crippen LogP contribution in [0, 0.1) is 0 Å². The number of nitrogens with one attached hydrogen (secondary N) is 1. The van der Waals surface area contributed by atoms with Gasteiger partial charge in [0, 0.05) is 24.0 Å². The van der Waals surface area contributed by atoms with Crippen molar-refractivity contribution in [2.24, 2.45) is 0 Å². The summed E-state index contributed by atoms with van der Waals surface area (Å²) < 4.78 is 5.04. The van der Waals surface area contributed by atoms with E-state index in [1.165, 1.54) is 11.9 Å². The minimum atomic E-state index is 0.226. The molecule has 2 aromatic heterocycles. The Morgan fingerprint density at radius 2 is 2.20 bits per heavy atom. The van der Waals surface area contributed by atoms with Crippen LogP contribution in [0.15, 0.2) is 41.7 Å². The maximum absolute atomic E-state index is 5.04. The molecular formula is C11H13N3O. The minimum absolute atomic E-state index is 0.226. The molecule has 4 heteroatoms. The van der Waals surface area contributed by atoms with E-state index in [2.05, 4.69) is 15.3 Å². The molecule has 0 amide bonds. The van der Waals surface area contributed by atoms with E-state index >= 15 is 0 Å². The Bertz CT molecular complexity index is 385. The number of likely N-dealkylation sites (N-methyl/N-ethyl adjacent to an activating group) is 1. The van der Waals surface area contributed by atoms with Crippen molar-refractivity contribution in [3.05, 3.63) is 48.4 Å². The zero-order chi connectivity index (χ0) is 10.5. The van der Waals surface area contributed by atoms with E-state index in [1.807, 2.05) is 25.5 Å². The summed E-state index contributed by atoms with van der Waals surface area (Å²) in [5.41, 5.74) is 2.25. The summed E-state index contributed by atoms with van der Waals surface area (Å²) in [7, 11) is 1.93. The van der Waals surface area contributed by atoms with Crippen molar-refractivity contribution >= 4 is 0 Å². The molecule has 1 N–H and O–H groups in total. The fourth-order valence-corrected chi connectivity index (χ4v) is 1.52. The lowest BCUT2D eigenvalue weighted by Crippen LogP contribution is -2.18. The first kappa shape index (κ1) is 9.86. The Labute approximate surface area is 88.4 Å². The highest BCUT2D eigenvalue weighted by Gasteiger charge is 2.10. The largest absolute Gasteiger partial charge is 0.472 e. The van der Waals surface area contributed by atoms with Crippen LogP contribution < -0.4 is 5.32 Å². The van der Waals surface area contributed by atoms with Crippen LogP contribution >= 0.6 is 0 Å². The second kappa shape index (κ2) is 4.70. The number of aromatic nitrogens is 2. The molecule has 0 fully saturated rings. The highest BCUT2D eigenvalue weighted by molar-refractivity contribution is 5.15. The predicted octanol–water partition coefficient (Wildman–Crippen LogP) is 1.57. The second-order valence-electron chi connectivity index (χ2n) is 3.35. The first-order valence-electron chi connectivity index (χ1n) is 4.83. The standard InChI is InChI=1S/C11H13N3O/c1-12-11(4-9-2-3-15-7-9)10-5-13-8-14-6-10/h2-3,5-8,11-12H,4H2,1H3. The second-order valence-corrected chi connectivity index (χ2v) is 3.35. The molecule has 2 rings (SSSR count). The molecule has 4 nitrogen and oxygen atoms in total. The number of rotatable bonds is 4. The van der Waals surface area contributed by atoms with Gasteiger partial charge in [-0.05, 0) is 25.1 Å². The quantitative estimate of drug-likeness (QED) is 0.819. The summed E-state index contributed by atoms with van der Waals surface area (Å²) in [4.78, 5) is 8.02. The molecule has 2 heterocycles. The van der Waals surface area contributed by atoms with Gasteiger partial charge in [0.05, 0.1) is 12.5 Å². The maximum atomic E-state index is 5.04. The zero-order valence-electron chi connectivity index (χ0n) is 8.55. The van der Waals surface area contributed by atoms with Crippen LogP contribution in [-0.2, 0) is 6.42 Å². The molecular weight excluding hydrogens is 190 g/mol. The van der Waals surface area contributed by atoms with Gasteiger partial charge < -0.3 is 9.73 Å². The molecule has 2 aromatic rings. The van der Waals surface area contributed by atoms with Gasteiger partial charge in [-0.25, -0.2) is 9.97 Å². The number of nitrogens with zero attached hydrogens (tertiary/aromatic N) is 2. The summed E-state index contributed by atoms with van der Waals surface area (Å²) in [5, 5.41) is 3.23. The van der Waals surface area contributed by atoms with E-state index in [1.54, 1.807) is 12.5 Å². The Balaban J connectivity index is 2.12. The average Bonchev–Trinajstić information content (AvgIpc) is 2.80. The van der Waals surface area contributed by atoms with E-state index < -0.39 is 0 Å². The Hall–Kier alpha value is -1.68. The van der Waals surface area contributed by atoms with Crippen LogP contribution in [0.25, 0.3) is 0 Å². The summed E-state index contributed by atoms with van der Waals surface area (Å²) in [6.45, 7) is 0. The lowest BCUT2D eigenvalue weighted by molar-refractivity contribution is 0.550. The van der Waals surface area contributed by atoms with Crippen molar-refractivity contribution in [2.45, 2.75) is 12.5 Å². The van der Waals surface area contributed by atoms with Crippen LogP contribution in [0.5, 0.6) is 0 Å². The van der Waals surface area contributed by atoms with Crippen molar-refractivity contribution in [3.8, 4) is 0 Å². The van der Waals surface area contributed by atoms with Gasteiger partial charge in [0.1, 0.15) is 6.33 Å². The van der Waals surface area contributed by atoms with Gasteiger partial charge in [0.25, 0.3) is 0 Å². The molecule has 0 aromatic carbocycles. The lowest BCUT2D eigenvalue weighted by Gasteiger charge is -2.14. The lowest BCUT2D eigenvalue weighted by atomic mass is 10.0. The van der Waals surface area contributed by atoms with Crippen LogP contribution in [0.4, 0.5) is 0 Å². The third kappa shape index (κ3) is 2.41. The number of furan rings is 1. The summed E-state index contributed by atoms with van der Waals surface area (Å²) in [6, 6.07) is 2.19. The third-order valence-electron chi connectivity index (χ3n) is 2.35. The molecule has 0 aliphatic rings. The molecule has 0 spiro atoms. The number of hydrogen-bond donors (Lipinski definition) is 1. The molecule has 78 valence electrons. The van der Waals surface area contributed by atoms with E-state index in [0.29, 0.717) is 0 Å². The van der Waals surface area contributed by atoms with Crippen molar-refractivity contribution in [3.63, 3.8) is 0 Å². The SMILES string of the molecule is CNC(Cc1ccoc1)c1cncnc1. The molecule has 1 atom stereocenters. The minimum Gasteiger partial charge on any atom is -0.472 e. The first-order valence-corrected chi connectivity index (χ1v) is 4.83. The maximum Gasteiger partial charge on any atom is 0.115 e. The third-order valence-corrected chi connectivity index (χ3v) is 2.35. The monoisotopic (exact) mass is 203 g/mol. The molecule has 15 heavy (non-hydrogen) atoms. The van der Waals surface area contributed by atoms with Crippen LogP contribution in [0.1, 0.15) is 17.2 Å². The molecule has 0 radical (unpaired) electrons. The Morgan fingerprint density at radius 3 is 2.80 bits per heavy atom. The van der Waals surface area contributed by atoms with Gasteiger partial charge in [-0.15, -0.1) is 0 Å². The first-order chi connectivity index (χ1) is 7.40. The van der Waals surface area contributed by atoms with Crippen LogP contribution in [0.2, 0.25) is 0 Å². The fourth-order valence-electron chi connectivity index (χ4n) is 1.52. The van der Waals surface area contributed by atoms with E-state index in [4.69, 9.17) is 4.42 Å². The smallest absolute Gasteiger partial charge is 0.115 e. The van der Waals surface area contributed by atoms with E-state index in [9.17, 15) is 0 Å². The van der Waals surface area contributed by atoms with Crippen molar-refractivity contribution < 1.29 is 4.42 Å². The van der Waals surface area contributed by atoms with Gasteiger partial charge in [0.15, 0.2) is 0 Å². The van der Waals surface area contributed by atoms with Crippen LogP contribution in [-0.4, -0.2) is 17.0 Å². The number of hydrogen-bond acceptors (Lipinski definition) is 4. The summed E-state index contributed by atoms with van der Waals surface area (Å²) in [6.07, 6.45) is 9.51. The topological polar surface area (TPSA) is 51.0 Å². The normalized spacial score (nSPS) is 12.6. The van der Waals surface area contributed by atoms with Crippen LogP contribution in [0.3, 0.4) is 0 Å². The summed E-state index contributed by atoms with van der Waals surface area (Å²) >= 11 is 0. The van der Waals surface area contributed by atoms with Gasteiger partial charge in [-0.2, -0.15) is 0 Å². The van der Waals surface area contributed by atoms with Crippen molar-refractivity contribution in [1.82, 2.24) is 15.3 Å². The Kier molecular flexibility index (Phi) is 3.09. The molecule has 0 bridgehead atoms. The van der Waals surface area contributed by atoms with Crippen molar-refractivity contribution in [2.75, 3.05) is 7.05 Å². The molecule has 1 unspecified atom stereocenters. The average molecular weight is 203 g/mol. The summed E-state index contributed by atoms with van der Waals surface area (Å²) in [5.74, 6) is 0. The van der Waals surface area contributed by atoms with E-state index in [0.717, 1.165) is 12.0 Å². The fraction of sp³-hybridized carbons (Fsp3) is 0.273. The van der Waals surface area contributed by atoms with E-state index in [-0.39, 0.29) is 6.04 Å². The van der Waals surface area contributed by atoms with Gasteiger partial charge >= 0.3 is 0 Å². The molecule has 0 aliphatic heterocycles. The van der Waals surface area contributed by atoms with Gasteiger partial charge in [-0.3, -0.25) is 0 Å². The molecule has 0 saturated heterocycles. The highest BCUT2D eigenvalue weighted by Crippen LogP contribution is 2.16. The molecule has 0 aliphatic carbocycles. The zero-order valence-corrected chi connectivity index (χ0v) is 8.55. The van der Waals surface area contributed by atoms with Crippen molar-refractivity contribution in [1.29, 1.82) is 0 Å². The van der Waals surface area contributed by atoms with Gasteiger partial charge in [-0.1, -0.05) is 0 Å². The molecule has 0 saturated carbocycles. The highest BCUT2D eigenvalue weighted by atomic mass is 16.3. The van der Waals surface area contributed by atoms with Gasteiger partial charge in [0.2, 0.25) is 0 Å². The predicted molar refractivity (Wildman–Crippen MR) is 56.2 cm³/mol. The Morgan fingerprint density at radius 1 is 1.40 bits per heavy atom.